The summed E-state index contributed by atoms with van der Waals surface area (Å²) in [5, 5.41) is 0. The molecule has 0 aliphatic heterocycles. The highest BCUT2D eigenvalue weighted by Crippen LogP contribution is 1.99. The molecule has 14 heavy (non-hydrogen) atoms. The van der Waals surface area contributed by atoms with Gasteiger partial charge in [0, 0.05) is 0 Å². The van der Waals surface area contributed by atoms with Gasteiger partial charge in [-0.25, -0.2) is 9.78 Å². The van der Waals surface area contributed by atoms with E-state index in [0.29, 0.717) is 11.4 Å². The zero-order valence-corrected chi connectivity index (χ0v) is 8.54. The maximum absolute atomic E-state index is 11.1. The third-order valence-electron chi connectivity index (χ3n) is 1.44. The summed E-state index contributed by atoms with van der Waals surface area (Å²) in [6.07, 6.45) is 0. The normalized spacial score (nSPS) is 8.71. The van der Waals surface area contributed by atoms with Crippen LogP contribution in [0.4, 0.5) is 0 Å². The second kappa shape index (κ2) is 5.30. The number of methoxy groups -OCH3 is 1. The number of carbonyl (C=O) groups is 1. The van der Waals surface area contributed by atoms with Gasteiger partial charge in [0.05, 0.1) is 12.9 Å². The molecule has 0 spiro atoms. The van der Waals surface area contributed by atoms with Crippen molar-refractivity contribution in [3.05, 3.63) is 29.6 Å². The third kappa shape index (κ3) is 2.79. The van der Waals surface area contributed by atoms with Crippen LogP contribution >= 0.6 is 12.6 Å². The second-order valence-electron chi connectivity index (χ2n) is 2.36. The van der Waals surface area contributed by atoms with Crippen molar-refractivity contribution in [1.82, 2.24) is 4.98 Å². The SMILES string of the molecule is COC(=O)c1cccc(C#CCS)n1. The minimum Gasteiger partial charge on any atom is -0.464 e. The summed E-state index contributed by atoms with van der Waals surface area (Å²) < 4.78 is 4.53. The summed E-state index contributed by atoms with van der Waals surface area (Å²) in [5.74, 6) is 5.52. The number of carbonyl (C=O) groups excluding carboxylic acids is 1. The Hall–Kier alpha value is -1.47. The van der Waals surface area contributed by atoms with Crippen LogP contribution in [-0.2, 0) is 4.74 Å². The highest BCUT2D eigenvalue weighted by Gasteiger charge is 2.05. The molecule has 0 amide bonds. The number of hydrogen-bond donors (Lipinski definition) is 1. The van der Waals surface area contributed by atoms with Gasteiger partial charge in [0.2, 0.25) is 0 Å². The zero-order valence-electron chi connectivity index (χ0n) is 7.65. The Morgan fingerprint density at radius 1 is 1.64 bits per heavy atom. The van der Waals surface area contributed by atoms with Crippen LogP contribution in [0.15, 0.2) is 18.2 Å². The summed E-state index contributed by atoms with van der Waals surface area (Å²) in [5.41, 5.74) is 0.806. The smallest absolute Gasteiger partial charge is 0.356 e. The minimum atomic E-state index is -0.459. The Labute approximate surface area is 87.9 Å². The van der Waals surface area contributed by atoms with Crippen molar-refractivity contribution in [2.24, 2.45) is 0 Å². The fourth-order valence-electron chi connectivity index (χ4n) is 0.853. The monoisotopic (exact) mass is 207 g/mol. The van der Waals surface area contributed by atoms with Gasteiger partial charge in [-0.15, -0.1) is 0 Å². The van der Waals surface area contributed by atoms with Gasteiger partial charge in [0.15, 0.2) is 0 Å². The molecule has 0 unspecified atom stereocenters. The first-order valence-corrected chi connectivity index (χ1v) is 4.56. The van der Waals surface area contributed by atoms with E-state index in [4.69, 9.17) is 0 Å². The molecule has 72 valence electrons. The number of aromatic nitrogens is 1. The van der Waals surface area contributed by atoms with Gasteiger partial charge in [0.25, 0.3) is 0 Å². The lowest BCUT2D eigenvalue weighted by Crippen LogP contribution is -2.04. The molecule has 0 aliphatic carbocycles. The predicted octanol–water partition coefficient (Wildman–Crippen LogP) is 1.15. The van der Waals surface area contributed by atoms with Crippen LogP contribution in [0.25, 0.3) is 0 Å². The van der Waals surface area contributed by atoms with Crippen LogP contribution in [-0.4, -0.2) is 23.8 Å². The van der Waals surface area contributed by atoms with Gasteiger partial charge in [-0.3, -0.25) is 0 Å². The first-order valence-electron chi connectivity index (χ1n) is 3.93. The van der Waals surface area contributed by atoms with Crippen molar-refractivity contribution >= 4 is 18.6 Å². The Bertz CT molecular complexity index is 393. The summed E-state index contributed by atoms with van der Waals surface area (Å²) in [7, 11) is 1.32. The lowest BCUT2D eigenvalue weighted by molar-refractivity contribution is 0.0594. The minimum absolute atomic E-state index is 0.262. The number of thiol groups is 1. The summed E-state index contributed by atoms with van der Waals surface area (Å²) in [6, 6.07) is 5.02. The van der Waals surface area contributed by atoms with Crippen molar-refractivity contribution in [2.75, 3.05) is 12.9 Å². The van der Waals surface area contributed by atoms with Crippen LogP contribution in [0.1, 0.15) is 16.2 Å². The molecule has 0 aromatic carbocycles. The van der Waals surface area contributed by atoms with E-state index in [2.05, 4.69) is 34.2 Å². The number of pyridine rings is 1. The van der Waals surface area contributed by atoms with Crippen molar-refractivity contribution in [3.63, 3.8) is 0 Å². The molecule has 0 atom stereocenters. The van der Waals surface area contributed by atoms with E-state index < -0.39 is 5.97 Å². The summed E-state index contributed by atoms with van der Waals surface area (Å²) in [4.78, 5) is 15.1. The maximum atomic E-state index is 11.1. The van der Waals surface area contributed by atoms with E-state index >= 15 is 0 Å². The molecule has 3 nitrogen and oxygen atoms in total. The highest BCUT2D eigenvalue weighted by molar-refractivity contribution is 7.80. The Morgan fingerprint density at radius 3 is 3.07 bits per heavy atom. The van der Waals surface area contributed by atoms with Crippen LogP contribution in [0.2, 0.25) is 0 Å². The molecule has 0 N–H and O–H groups in total. The fourth-order valence-corrected chi connectivity index (χ4v) is 0.932. The van der Waals surface area contributed by atoms with Gasteiger partial charge < -0.3 is 4.74 Å². The molecular weight excluding hydrogens is 198 g/mol. The van der Waals surface area contributed by atoms with E-state index in [0.717, 1.165) is 0 Å². The zero-order chi connectivity index (χ0) is 10.4. The molecule has 1 rings (SSSR count). The number of esters is 1. The number of ether oxygens (including phenoxy) is 1. The van der Waals surface area contributed by atoms with Crippen molar-refractivity contribution in [1.29, 1.82) is 0 Å². The number of rotatable bonds is 1. The number of hydrogen-bond acceptors (Lipinski definition) is 4. The van der Waals surface area contributed by atoms with Crippen molar-refractivity contribution in [2.45, 2.75) is 0 Å². The van der Waals surface area contributed by atoms with Gasteiger partial charge in [-0.2, -0.15) is 12.6 Å². The van der Waals surface area contributed by atoms with Crippen LogP contribution in [0.3, 0.4) is 0 Å². The second-order valence-corrected chi connectivity index (χ2v) is 2.68. The van der Waals surface area contributed by atoms with E-state index in [1.165, 1.54) is 7.11 Å². The molecule has 4 heteroatoms. The molecule has 1 heterocycles. The van der Waals surface area contributed by atoms with Gasteiger partial charge in [0.1, 0.15) is 11.4 Å². The fraction of sp³-hybridized carbons (Fsp3) is 0.200. The molecule has 0 radical (unpaired) electrons. The number of nitrogens with zero attached hydrogens (tertiary/aromatic N) is 1. The van der Waals surface area contributed by atoms with E-state index in [9.17, 15) is 4.79 Å². The van der Waals surface area contributed by atoms with Gasteiger partial charge in [-0.1, -0.05) is 12.0 Å². The molecule has 0 fully saturated rings. The molecular formula is C10H9NO2S. The molecule has 0 saturated carbocycles. The highest BCUT2D eigenvalue weighted by atomic mass is 32.1. The predicted molar refractivity (Wildman–Crippen MR) is 56.3 cm³/mol. The Kier molecular flexibility index (Phi) is 4.02. The van der Waals surface area contributed by atoms with Gasteiger partial charge in [-0.05, 0) is 18.1 Å². The largest absolute Gasteiger partial charge is 0.464 e. The van der Waals surface area contributed by atoms with Gasteiger partial charge >= 0.3 is 5.97 Å². The quantitative estimate of drug-likeness (QED) is 0.426. The average molecular weight is 207 g/mol. The van der Waals surface area contributed by atoms with Crippen molar-refractivity contribution < 1.29 is 9.53 Å². The summed E-state index contributed by atoms with van der Waals surface area (Å²) >= 11 is 3.94. The van der Waals surface area contributed by atoms with Crippen LogP contribution in [0.5, 0.6) is 0 Å². The first kappa shape index (κ1) is 10.6. The molecule has 0 bridgehead atoms. The van der Waals surface area contributed by atoms with E-state index in [1.54, 1.807) is 18.2 Å². The molecule has 1 aromatic heterocycles. The van der Waals surface area contributed by atoms with E-state index in [-0.39, 0.29) is 5.69 Å². The van der Waals surface area contributed by atoms with E-state index in [1.807, 2.05) is 0 Å². The van der Waals surface area contributed by atoms with Crippen molar-refractivity contribution in [3.8, 4) is 11.8 Å². The first-order chi connectivity index (χ1) is 6.77. The molecule has 1 aromatic rings. The lowest BCUT2D eigenvalue weighted by atomic mass is 10.3. The summed E-state index contributed by atoms with van der Waals surface area (Å²) in [6.45, 7) is 0. The maximum Gasteiger partial charge on any atom is 0.356 e. The molecule has 0 saturated heterocycles. The van der Waals surface area contributed by atoms with Crippen LogP contribution in [0, 0.1) is 11.8 Å². The molecule has 0 aliphatic rings. The average Bonchev–Trinajstić information content (AvgIpc) is 2.25. The Morgan fingerprint density at radius 2 is 2.43 bits per heavy atom. The van der Waals surface area contributed by atoms with Crippen LogP contribution < -0.4 is 0 Å². The Balaban J connectivity index is 2.95. The third-order valence-corrected chi connectivity index (χ3v) is 1.60. The lowest BCUT2D eigenvalue weighted by Gasteiger charge is -1.97. The topological polar surface area (TPSA) is 39.2 Å². The standard InChI is InChI=1S/C10H9NO2S/c1-13-10(12)9-6-2-4-8(11-9)5-3-7-14/h2,4,6,14H,7H2,1H3.